The Morgan fingerprint density at radius 2 is 1.61 bits per heavy atom. The second kappa shape index (κ2) is 30.4. The number of rotatable bonds is 12. The smallest absolute Gasteiger partial charge is 0.422 e. The Bertz CT molecular complexity index is 2250. The summed E-state index contributed by atoms with van der Waals surface area (Å²) in [4.78, 5) is 85.2. The van der Waals surface area contributed by atoms with Crippen LogP contribution in [0.3, 0.4) is 0 Å². The van der Waals surface area contributed by atoms with Gasteiger partial charge in [-0.15, -0.1) is 0 Å². The molecule has 6 N–H and O–H groups in total. The van der Waals surface area contributed by atoms with Crippen LogP contribution in [0.1, 0.15) is 126 Å². The van der Waals surface area contributed by atoms with Gasteiger partial charge >= 0.3 is 22.3 Å². The molecule has 3 fully saturated rings. The average molecular weight is 1110 g/mol. The molecular formula is C55H87N3O18S. The standard InChI is InChI=1S/C55H87N3O18S/c1-32-16-12-11-13-17-33(2)45(71-8)28-41-21-19-38(7)55(68,76-41)51(64)52(65)58-23-15-14-18-42(58)53(66)74-46(29-43(61)34(3)25-37(6)49(63)50(73-10)48(62)36(5)24-32)35(4)26-39-20-22-44(47(27-39)72-9)75-54(67)57-77(69,70)56-30-40(60)31-59/h11-13,16-17,25,32,34-36,38-42,44-47,49-50,56,59-60,63,68H,14-15,18-24,26-31H2,1-10H3,(H,57,67)/b13-11?,16-12+,33-17?,37-25+/t32-,34-,35-,36-,38-,39+,40?,41+,42+,44-,45+,46+,47-,49-,50+,55-/m1/s1. The number of methoxy groups -OCH3 is 3. The van der Waals surface area contributed by atoms with Gasteiger partial charge in [0.2, 0.25) is 5.79 Å². The highest BCUT2D eigenvalue weighted by Crippen LogP contribution is 2.38. The summed E-state index contributed by atoms with van der Waals surface area (Å²) in [5.74, 6) is -9.11. The van der Waals surface area contributed by atoms with Gasteiger partial charge in [-0.05, 0) is 107 Å². The summed E-state index contributed by atoms with van der Waals surface area (Å²) in [6.07, 6.45) is 5.70. The number of nitrogens with zero attached hydrogens (tertiary/aromatic N) is 1. The fourth-order valence-electron chi connectivity index (χ4n) is 10.8. The minimum Gasteiger partial charge on any atom is -0.460 e. The van der Waals surface area contributed by atoms with Crippen molar-refractivity contribution in [3.05, 3.63) is 47.6 Å². The molecular weight excluding hydrogens is 1020 g/mol. The number of aliphatic hydroxyl groups is 4. The molecule has 4 rings (SSSR count). The van der Waals surface area contributed by atoms with Gasteiger partial charge in [0.25, 0.3) is 11.7 Å². The molecule has 2 bridgehead atoms. The maximum Gasteiger partial charge on any atom is 0.422 e. The van der Waals surface area contributed by atoms with Crippen molar-refractivity contribution in [1.29, 1.82) is 0 Å². The van der Waals surface area contributed by atoms with Gasteiger partial charge < -0.3 is 53.7 Å². The van der Waals surface area contributed by atoms with Crippen LogP contribution in [0.15, 0.2) is 47.6 Å². The van der Waals surface area contributed by atoms with Gasteiger partial charge in [-0.1, -0.05) is 71.1 Å². The molecule has 0 aromatic carbocycles. The molecule has 3 aliphatic heterocycles. The molecule has 2 amide bonds. The molecule has 0 spiro atoms. The largest absolute Gasteiger partial charge is 0.460 e. The van der Waals surface area contributed by atoms with Crippen molar-refractivity contribution < 1.29 is 86.0 Å². The molecule has 1 aliphatic carbocycles. The van der Waals surface area contributed by atoms with Crippen molar-refractivity contribution in [1.82, 2.24) is 14.3 Å². The van der Waals surface area contributed by atoms with Crippen LogP contribution in [0.4, 0.5) is 4.79 Å². The highest BCUT2D eigenvalue weighted by atomic mass is 32.2. The second-order valence-corrected chi connectivity index (χ2v) is 23.3. The van der Waals surface area contributed by atoms with Crippen molar-refractivity contribution in [2.75, 3.05) is 41.0 Å². The number of carbonyl (C=O) groups excluding carboxylic acids is 6. The predicted molar refractivity (Wildman–Crippen MR) is 283 cm³/mol. The minimum absolute atomic E-state index is 0.0128. The van der Waals surface area contributed by atoms with Crippen LogP contribution >= 0.6 is 0 Å². The summed E-state index contributed by atoms with van der Waals surface area (Å²) in [5.41, 5.74) is 1.16. The van der Waals surface area contributed by atoms with Crippen LogP contribution in [0, 0.1) is 35.5 Å². The highest BCUT2D eigenvalue weighted by molar-refractivity contribution is 7.88. The summed E-state index contributed by atoms with van der Waals surface area (Å²) in [5, 5.41) is 42.0. The van der Waals surface area contributed by atoms with Crippen LogP contribution in [0.2, 0.25) is 0 Å². The Hall–Kier alpha value is -4.23. The van der Waals surface area contributed by atoms with E-state index >= 15 is 0 Å². The molecule has 21 nitrogen and oxygen atoms in total. The predicted octanol–water partition coefficient (Wildman–Crippen LogP) is 4.10. The summed E-state index contributed by atoms with van der Waals surface area (Å²) in [6, 6.07) is -1.24. The lowest BCUT2D eigenvalue weighted by Gasteiger charge is -2.42. The first-order chi connectivity index (χ1) is 36.3. The summed E-state index contributed by atoms with van der Waals surface area (Å²) in [6.45, 7) is 11.1. The van der Waals surface area contributed by atoms with Crippen molar-refractivity contribution in [2.45, 2.75) is 186 Å². The number of hydrogen-bond acceptors (Lipinski definition) is 18. The number of piperidine rings is 1. The third kappa shape index (κ3) is 18.7. The number of ketones is 3. The Morgan fingerprint density at radius 3 is 2.27 bits per heavy atom. The molecule has 3 heterocycles. The number of aliphatic hydroxyl groups excluding tert-OH is 3. The quantitative estimate of drug-likeness (QED) is 0.0911. The van der Waals surface area contributed by atoms with E-state index in [9.17, 15) is 52.5 Å². The zero-order chi connectivity index (χ0) is 57.4. The number of carbonyl (C=O) groups is 6. The number of hydrogen-bond donors (Lipinski definition) is 6. The molecule has 16 atom stereocenters. The molecule has 1 unspecified atom stereocenters. The molecule has 0 radical (unpaired) electrons. The number of fused-ring (bicyclic) bond motifs is 3. The number of Topliss-reactive ketones (excluding diaryl/α,β-unsaturated/α-hetero) is 3. The van der Waals surface area contributed by atoms with Crippen LogP contribution in [0.5, 0.6) is 0 Å². The van der Waals surface area contributed by atoms with E-state index in [1.807, 2.05) is 55.9 Å². The molecule has 4 aliphatic rings. The maximum absolute atomic E-state index is 14.6. The molecule has 22 heteroatoms. The third-order valence-electron chi connectivity index (χ3n) is 15.6. The lowest BCUT2D eigenvalue weighted by molar-refractivity contribution is -0.265. The Labute approximate surface area is 454 Å². The van der Waals surface area contributed by atoms with E-state index in [1.54, 1.807) is 45.6 Å². The van der Waals surface area contributed by atoms with E-state index in [-0.39, 0.29) is 55.6 Å². The van der Waals surface area contributed by atoms with Crippen molar-refractivity contribution in [3.8, 4) is 0 Å². The Kier molecular flexibility index (Phi) is 25.8. The monoisotopic (exact) mass is 1110 g/mol. The molecule has 77 heavy (non-hydrogen) atoms. The fourth-order valence-corrected chi connectivity index (χ4v) is 11.6. The summed E-state index contributed by atoms with van der Waals surface area (Å²) < 4.78 is 63.4. The average Bonchev–Trinajstić information content (AvgIpc) is 3.39. The summed E-state index contributed by atoms with van der Waals surface area (Å²) in [7, 11) is -0.142. The zero-order valence-corrected chi connectivity index (χ0v) is 47.4. The first-order valence-electron chi connectivity index (χ1n) is 27.0. The van der Waals surface area contributed by atoms with E-state index in [0.717, 1.165) is 10.5 Å². The van der Waals surface area contributed by atoms with E-state index in [4.69, 9.17) is 33.5 Å². The van der Waals surface area contributed by atoms with Crippen LogP contribution in [-0.4, -0.2) is 171 Å². The highest BCUT2D eigenvalue weighted by Gasteiger charge is 2.53. The maximum atomic E-state index is 14.6. The number of amides is 2. The Morgan fingerprint density at radius 1 is 0.896 bits per heavy atom. The molecule has 0 aromatic rings. The third-order valence-corrected chi connectivity index (χ3v) is 16.6. The van der Waals surface area contributed by atoms with Gasteiger partial charge in [0.15, 0.2) is 5.78 Å². The lowest BCUT2D eigenvalue weighted by atomic mass is 9.78. The van der Waals surface area contributed by atoms with E-state index < -0.39 is 131 Å². The fraction of sp³-hybridized carbons (Fsp3) is 0.745. The van der Waals surface area contributed by atoms with Gasteiger partial charge in [-0.2, -0.15) is 13.1 Å². The van der Waals surface area contributed by atoms with Crippen LogP contribution in [-0.2, 0) is 62.6 Å². The lowest BCUT2D eigenvalue weighted by Crippen LogP contribution is -2.61. The number of esters is 1. The van der Waals surface area contributed by atoms with Gasteiger partial charge in [0, 0.05) is 65.0 Å². The second-order valence-electron chi connectivity index (χ2n) is 21.8. The first-order valence-corrected chi connectivity index (χ1v) is 28.5. The number of cyclic esters (lactones) is 1. The van der Waals surface area contributed by atoms with E-state index in [0.29, 0.717) is 56.9 Å². The van der Waals surface area contributed by atoms with Crippen molar-refractivity contribution >= 4 is 45.5 Å². The number of nitrogens with one attached hydrogen (secondary N) is 2. The topological polar surface area (TPSA) is 300 Å². The molecule has 2 saturated heterocycles. The van der Waals surface area contributed by atoms with E-state index in [1.165, 1.54) is 14.2 Å². The van der Waals surface area contributed by atoms with Gasteiger partial charge in [0.05, 0.1) is 31.0 Å². The zero-order valence-electron chi connectivity index (χ0n) is 46.6. The van der Waals surface area contributed by atoms with Crippen LogP contribution in [0.25, 0.3) is 0 Å². The normalized spacial score (nSPS) is 35.4. The minimum atomic E-state index is -4.45. The van der Waals surface area contributed by atoms with E-state index in [2.05, 4.69) is 0 Å². The molecule has 1 saturated carbocycles. The Balaban J connectivity index is 1.66. The van der Waals surface area contributed by atoms with Crippen LogP contribution < -0.4 is 9.44 Å². The van der Waals surface area contributed by atoms with Gasteiger partial charge in [-0.25, -0.2) is 14.3 Å². The van der Waals surface area contributed by atoms with Gasteiger partial charge in [-0.3, -0.25) is 19.2 Å². The first kappa shape index (κ1) is 65.3. The van der Waals surface area contributed by atoms with Crippen molar-refractivity contribution in [2.24, 2.45) is 35.5 Å². The molecule has 0 aromatic heterocycles. The van der Waals surface area contributed by atoms with Gasteiger partial charge in [0.1, 0.15) is 36.2 Å². The SMILES string of the molecule is CO[C@H]1C[C@@H]2CC[C@@H](C)[C@@](O)(O2)C(=O)C(=O)N2CCCC[C@H]2C(=O)O[C@H]([C@H](C)C[C@@H]2CC[C@@H](OC(=O)NS(=O)(=O)NCC(O)CO)[C@H](OC)C2)CC(=O)[C@H](C)/C=C(\C)[C@@H](O)[C@@H](OC)C(=O)[C@H](C)C[C@H](C)/C=C/C=CC=C1C. The number of allylic oxidation sites excluding steroid dienone is 6. The number of ether oxygens (including phenoxy) is 6. The van der Waals surface area contributed by atoms with Crippen molar-refractivity contribution in [3.63, 3.8) is 0 Å². The summed E-state index contributed by atoms with van der Waals surface area (Å²) >= 11 is 0. The molecule has 436 valence electrons.